The molecule has 0 radical (unpaired) electrons. The molecular formula is C17H17N3O3S. The molecule has 1 aromatic carbocycles. The number of rotatable bonds is 6. The topological polar surface area (TPSA) is 81.2 Å². The lowest BCUT2D eigenvalue weighted by Gasteiger charge is -2.10. The number of carbonyl (C=O) groups excluding carboxylic acids is 1. The first-order valence-corrected chi connectivity index (χ1v) is 8.46. The van der Waals surface area contributed by atoms with E-state index in [0.29, 0.717) is 16.9 Å². The summed E-state index contributed by atoms with van der Waals surface area (Å²) >= 11 is 1.20. The van der Waals surface area contributed by atoms with Gasteiger partial charge in [-0.3, -0.25) is 4.79 Å². The van der Waals surface area contributed by atoms with E-state index in [2.05, 4.69) is 15.5 Å². The zero-order valence-electron chi connectivity index (χ0n) is 13.4. The van der Waals surface area contributed by atoms with Gasteiger partial charge < -0.3 is 14.2 Å². The van der Waals surface area contributed by atoms with Gasteiger partial charge in [-0.1, -0.05) is 29.5 Å². The molecule has 2 aromatic heterocycles. The van der Waals surface area contributed by atoms with Gasteiger partial charge in [0.2, 0.25) is 11.8 Å². The molecule has 3 rings (SSSR count). The Bertz CT molecular complexity index is 814. The molecule has 1 N–H and O–H groups in total. The monoisotopic (exact) mass is 343 g/mol. The van der Waals surface area contributed by atoms with Crippen molar-refractivity contribution < 1.29 is 13.6 Å². The van der Waals surface area contributed by atoms with E-state index in [1.165, 1.54) is 11.8 Å². The number of aryl methyl sites for hydroxylation is 1. The van der Waals surface area contributed by atoms with E-state index in [1.807, 2.05) is 44.2 Å². The van der Waals surface area contributed by atoms with Gasteiger partial charge >= 0.3 is 0 Å². The Morgan fingerprint density at radius 1 is 1.29 bits per heavy atom. The molecule has 0 fully saturated rings. The zero-order chi connectivity index (χ0) is 16.9. The van der Waals surface area contributed by atoms with E-state index in [4.69, 9.17) is 8.83 Å². The Labute approximate surface area is 143 Å². The summed E-state index contributed by atoms with van der Waals surface area (Å²) in [5, 5.41) is 11.2. The number of hydrogen-bond donors (Lipinski definition) is 1. The third kappa shape index (κ3) is 4.05. The van der Waals surface area contributed by atoms with Crippen LogP contribution in [0.5, 0.6) is 0 Å². The smallest absolute Gasteiger partial charge is 0.277 e. The molecule has 2 heterocycles. The molecule has 0 spiro atoms. The van der Waals surface area contributed by atoms with E-state index >= 15 is 0 Å². The third-order valence-electron chi connectivity index (χ3n) is 3.35. The van der Waals surface area contributed by atoms with Gasteiger partial charge in [-0.15, -0.1) is 10.2 Å². The van der Waals surface area contributed by atoms with Crippen molar-refractivity contribution in [2.24, 2.45) is 0 Å². The maximum Gasteiger partial charge on any atom is 0.277 e. The van der Waals surface area contributed by atoms with Crippen LogP contribution in [-0.2, 0) is 4.79 Å². The van der Waals surface area contributed by atoms with Crippen molar-refractivity contribution in [1.82, 2.24) is 15.5 Å². The quantitative estimate of drug-likeness (QED) is 0.689. The molecule has 0 aliphatic rings. The second-order valence-electron chi connectivity index (χ2n) is 5.34. The van der Waals surface area contributed by atoms with Crippen molar-refractivity contribution in [3.8, 4) is 11.5 Å². The van der Waals surface area contributed by atoms with Crippen LogP contribution in [0.25, 0.3) is 11.5 Å². The molecule has 0 aliphatic heterocycles. The second kappa shape index (κ2) is 7.35. The number of nitrogens with zero attached hydrogens (tertiary/aromatic N) is 2. The Morgan fingerprint density at radius 3 is 2.92 bits per heavy atom. The first-order chi connectivity index (χ1) is 11.6. The summed E-state index contributed by atoms with van der Waals surface area (Å²) < 4.78 is 10.9. The van der Waals surface area contributed by atoms with Crippen LogP contribution in [0, 0.1) is 6.92 Å². The van der Waals surface area contributed by atoms with Crippen molar-refractivity contribution in [3.05, 3.63) is 54.0 Å². The molecule has 0 bridgehead atoms. The molecule has 6 nitrogen and oxygen atoms in total. The molecule has 7 heteroatoms. The summed E-state index contributed by atoms with van der Waals surface area (Å²) in [4.78, 5) is 12.0. The number of thioether (sulfide) groups is 1. The van der Waals surface area contributed by atoms with Gasteiger partial charge in [-0.25, -0.2) is 0 Å². The largest absolute Gasteiger partial charge is 0.467 e. The van der Waals surface area contributed by atoms with Gasteiger partial charge in [0.05, 0.1) is 18.1 Å². The average Bonchev–Trinajstić information content (AvgIpc) is 3.25. The minimum atomic E-state index is -0.182. The van der Waals surface area contributed by atoms with Crippen molar-refractivity contribution in [3.63, 3.8) is 0 Å². The maximum absolute atomic E-state index is 12.0. The van der Waals surface area contributed by atoms with Crippen molar-refractivity contribution in [2.45, 2.75) is 25.1 Å². The Kier molecular flexibility index (Phi) is 5.00. The van der Waals surface area contributed by atoms with Gasteiger partial charge in [-0.2, -0.15) is 0 Å². The minimum Gasteiger partial charge on any atom is -0.467 e. The lowest BCUT2D eigenvalue weighted by Crippen LogP contribution is -2.27. The fraction of sp³-hybridized carbons (Fsp3) is 0.235. The van der Waals surface area contributed by atoms with Crippen molar-refractivity contribution >= 4 is 17.7 Å². The van der Waals surface area contributed by atoms with Crippen LogP contribution in [0.3, 0.4) is 0 Å². The molecule has 124 valence electrons. The predicted octanol–water partition coefficient (Wildman–Crippen LogP) is 3.61. The fourth-order valence-electron chi connectivity index (χ4n) is 2.18. The van der Waals surface area contributed by atoms with E-state index in [1.54, 1.807) is 12.3 Å². The van der Waals surface area contributed by atoms with Crippen LogP contribution in [0.1, 0.15) is 24.3 Å². The normalized spacial score (nSPS) is 12.1. The predicted molar refractivity (Wildman–Crippen MR) is 90.5 cm³/mol. The van der Waals surface area contributed by atoms with E-state index < -0.39 is 0 Å². The van der Waals surface area contributed by atoms with E-state index in [9.17, 15) is 4.79 Å². The highest BCUT2D eigenvalue weighted by molar-refractivity contribution is 7.99. The summed E-state index contributed by atoms with van der Waals surface area (Å²) in [5.41, 5.74) is 1.98. The molecule has 1 amide bonds. The highest BCUT2D eigenvalue weighted by Crippen LogP contribution is 2.23. The van der Waals surface area contributed by atoms with Gasteiger partial charge in [0, 0.05) is 5.56 Å². The molecule has 0 aliphatic carbocycles. The van der Waals surface area contributed by atoms with Gasteiger partial charge in [-0.05, 0) is 38.1 Å². The first kappa shape index (κ1) is 16.3. The number of hydrogen-bond acceptors (Lipinski definition) is 6. The molecule has 24 heavy (non-hydrogen) atoms. The lowest BCUT2D eigenvalue weighted by molar-refractivity contribution is -0.119. The molecule has 1 atom stereocenters. The number of nitrogens with one attached hydrogen (secondary N) is 1. The minimum absolute atomic E-state index is 0.126. The van der Waals surface area contributed by atoms with Crippen LogP contribution >= 0.6 is 11.8 Å². The summed E-state index contributed by atoms with van der Waals surface area (Å²) in [7, 11) is 0. The summed E-state index contributed by atoms with van der Waals surface area (Å²) in [6, 6.07) is 11.2. The lowest BCUT2D eigenvalue weighted by atomic mass is 10.1. The number of furan rings is 1. The molecular weight excluding hydrogens is 326 g/mol. The van der Waals surface area contributed by atoms with Crippen LogP contribution in [0.2, 0.25) is 0 Å². The summed E-state index contributed by atoms with van der Waals surface area (Å²) in [6.07, 6.45) is 1.58. The highest BCUT2D eigenvalue weighted by Gasteiger charge is 2.14. The Hall–Kier alpha value is -2.54. The Morgan fingerprint density at radius 2 is 2.17 bits per heavy atom. The van der Waals surface area contributed by atoms with Crippen LogP contribution in [0.4, 0.5) is 0 Å². The summed E-state index contributed by atoms with van der Waals surface area (Å²) in [5.74, 6) is 1.23. The summed E-state index contributed by atoms with van der Waals surface area (Å²) in [6.45, 7) is 3.87. The maximum atomic E-state index is 12.0. The standard InChI is InChI=1S/C17H17N3O3S/c1-11-5-3-6-13(9-11)16-19-20-17(23-16)24-10-15(21)18-12(2)14-7-4-8-22-14/h3-9,12H,10H2,1-2H3,(H,18,21)/t12-/m1/s1. The molecule has 0 saturated heterocycles. The zero-order valence-corrected chi connectivity index (χ0v) is 14.2. The van der Waals surface area contributed by atoms with Gasteiger partial charge in [0.1, 0.15) is 5.76 Å². The highest BCUT2D eigenvalue weighted by atomic mass is 32.2. The van der Waals surface area contributed by atoms with Gasteiger partial charge in [0.15, 0.2) is 0 Å². The van der Waals surface area contributed by atoms with Crippen LogP contribution in [0.15, 0.2) is 56.7 Å². The number of amides is 1. The van der Waals surface area contributed by atoms with Crippen molar-refractivity contribution in [1.29, 1.82) is 0 Å². The van der Waals surface area contributed by atoms with Gasteiger partial charge in [0.25, 0.3) is 5.22 Å². The van der Waals surface area contributed by atoms with Crippen molar-refractivity contribution in [2.75, 3.05) is 5.75 Å². The van der Waals surface area contributed by atoms with Crippen LogP contribution < -0.4 is 5.32 Å². The molecule has 0 unspecified atom stereocenters. The number of benzene rings is 1. The average molecular weight is 343 g/mol. The molecule has 0 saturated carbocycles. The fourth-order valence-corrected chi connectivity index (χ4v) is 2.76. The second-order valence-corrected chi connectivity index (χ2v) is 6.26. The SMILES string of the molecule is Cc1cccc(-c2nnc(SCC(=O)N[C@H](C)c3ccco3)o2)c1. The van der Waals surface area contributed by atoms with Crippen LogP contribution in [-0.4, -0.2) is 21.9 Å². The van der Waals surface area contributed by atoms with E-state index in [0.717, 1.165) is 11.1 Å². The number of carbonyl (C=O) groups is 1. The molecule has 3 aromatic rings. The van der Waals surface area contributed by atoms with E-state index in [-0.39, 0.29) is 17.7 Å². The first-order valence-electron chi connectivity index (χ1n) is 7.48. The third-order valence-corrected chi connectivity index (χ3v) is 4.16. The number of aromatic nitrogens is 2. The Balaban J connectivity index is 1.54.